The first-order valence-electron chi connectivity index (χ1n) is 9.52. The summed E-state index contributed by atoms with van der Waals surface area (Å²) in [4.78, 5) is 13.3. The van der Waals surface area contributed by atoms with Crippen molar-refractivity contribution >= 4 is 27.6 Å². The molecule has 2 heterocycles. The van der Waals surface area contributed by atoms with Gasteiger partial charge in [-0.1, -0.05) is 41.6 Å². The number of carbonyl (C=O) groups excluding carboxylic acids is 1. The predicted molar refractivity (Wildman–Crippen MR) is 111 cm³/mol. The van der Waals surface area contributed by atoms with Crippen LogP contribution in [0.4, 0.5) is 10.3 Å². The topological polar surface area (TPSA) is 55.1 Å². The standard InChI is InChI=1S/C23H18BrFN2O2/c1-12-20-21(14-7-8-16(24)17(25)9-14)22-18(26-23(20)29-27-12)10-15(11-19(22)28)13-5-3-2-4-6-13/h2-9,15,21,26H,10-11H2,1H3/t15-,21+/m0/s1. The van der Waals surface area contributed by atoms with Crippen LogP contribution in [0.25, 0.3) is 0 Å². The van der Waals surface area contributed by atoms with Crippen LogP contribution < -0.4 is 5.32 Å². The number of aromatic nitrogens is 1. The van der Waals surface area contributed by atoms with E-state index in [-0.39, 0.29) is 23.4 Å². The second kappa shape index (κ2) is 6.95. The molecule has 0 unspecified atom stereocenters. The molecule has 0 radical (unpaired) electrons. The van der Waals surface area contributed by atoms with Crippen molar-refractivity contribution in [1.82, 2.24) is 5.16 Å². The van der Waals surface area contributed by atoms with E-state index in [4.69, 9.17) is 4.52 Å². The van der Waals surface area contributed by atoms with Crippen LogP contribution in [0.3, 0.4) is 0 Å². The summed E-state index contributed by atoms with van der Waals surface area (Å²) >= 11 is 3.21. The van der Waals surface area contributed by atoms with Gasteiger partial charge in [-0.25, -0.2) is 4.39 Å². The maximum Gasteiger partial charge on any atom is 0.233 e. The largest absolute Gasteiger partial charge is 0.338 e. The van der Waals surface area contributed by atoms with Crippen molar-refractivity contribution in [2.24, 2.45) is 0 Å². The minimum Gasteiger partial charge on any atom is -0.338 e. The molecule has 3 aromatic rings. The first-order valence-corrected chi connectivity index (χ1v) is 10.3. The van der Waals surface area contributed by atoms with Gasteiger partial charge < -0.3 is 9.84 Å². The molecular formula is C23H18BrFN2O2. The van der Waals surface area contributed by atoms with Gasteiger partial charge in [0.1, 0.15) is 5.82 Å². The quantitative estimate of drug-likeness (QED) is 0.530. The van der Waals surface area contributed by atoms with Crippen molar-refractivity contribution in [2.75, 3.05) is 5.32 Å². The highest BCUT2D eigenvalue weighted by Crippen LogP contribution is 2.49. The summed E-state index contributed by atoms with van der Waals surface area (Å²) in [6.45, 7) is 1.85. The molecule has 5 rings (SSSR count). The van der Waals surface area contributed by atoms with Gasteiger partial charge in [-0.05, 0) is 58.5 Å². The molecule has 1 aromatic heterocycles. The summed E-state index contributed by atoms with van der Waals surface area (Å²) in [5.74, 6) is -0.0327. The van der Waals surface area contributed by atoms with Crippen molar-refractivity contribution in [2.45, 2.75) is 31.6 Å². The molecule has 29 heavy (non-hydrogen) atoms. The number of hydrogen-bond donors (Lipinski definition) is 1. The molecule has 146 valence electrons. The predicted octanol–water partition coefficient (Wildman–Crippen LogP) is 5.84. The molecule has 2 aliphatic rings. The molecule has 2 aromatic carbocycles. The second-order valence-electron chi connectivity index (χ2n) is 7.57. The number of Topliss-reactive ketones (excluding diaryl/α,β-unsaturated/α-hetero) is 1. The first kappa shape index (κ1) is 18.3. The summed E-state index contributed by atoms with van der Waals surface area (Å²) in [7, 11) is 0. The molecule has 0 saturated heterocycles. The second-order valence-corrected chi connectivity index (χ2v) is 8.43. The van der Waals surface area contributed by atoms with Crippen LogP contribution in [0.1, 0.15) is 47.1 Å². The van der Waals surface area contributed by atoms with Gasteiger partial charge in [-0.3, -0.25) is 4.79 Å². The van der Waals surface area contributed by atoms with Gasteiger partial charge in [0.15, 0.2) is 5.78 Å². The molecule has 1 aliphatic heterocycles. The number of halogens is 2. The highest BCUT2D eigenvalue weighted by molar-refractivity contribution is 9.10. The minimum atomic E-state index is -0.390. The van der Waals surface area contributed by atoms with E-state index in [0.29, 0.717) is 34.5 Å². The number of hydrogen-bond acceptors (Lipinski definition) is 4. The van der Waals surface area contributed by atoms with E-state index < -0.39 is 0 Å². The Hall–Kier alpha value is -2.73. The lowest BCUT2D eigenvalue weighted by Gasteiger charge is -2.34. The Bertz CT molecular complexity index is 1150. The molecular weight excluding hydrogens is 435 g/mol. The number of rotatable bonds is 2. The Balaban J connectivity index is 1.64. The van der Waals surface area contributed by atoms with Gasteiger partial charge in [0, 0.05) is 23.6 Å². The number of fused-ring (bicyclic) bond motifs is 1. The van der Waals surface area contributed by atoms with Crippen molar-refractivity contribution < 1.29 is 13.7 Å². The van der Waals surface area contributed by atoms with E-state index in [9.17, 15) is 9.18 Å². The number of nitrogens with zero attached hydrogens (tertiary/aromatic N) is 1. The zero-order valence-electron chi connectivity index (χ0n) is 15.7. The van der Waals surface area contributed by atoms with E-state index in [1.54, 1.807) is 6.07 Å². The van der Waals surface area contributed by atoms with Gasteiger partial charge in [0.05, 0.1) is 15.7 Å². The van der Waals surface area contributed by atoms with Gasteiger partial charge in [0.2, 0.25) is 5.88 Å². The lowest BCUT2D eigenvalue weighted by atomic mass is 9.72. The number of allylic oxidation sites excluding steroid dienone is 2. The number of anilines is 1. The minimum absolute atomic E-state index is 0.0761. The Kier molecular flexibility index (Phi) is 4.39. The normalized spacial score (nSPS) is 20.9. The van der Waals surface area contributed by atoms with Crippen molar-refractivity contribution in [3.05, 3.63) is 92.5 Å². The Morgan fingerprint density at radius 2 is 1.93 bits per heavy atom. The Morgan fingerprint density at radius 1 is 1.14 bits per heavy atom. The molecule has 0 saturated carbocycles. The molecule has 1 aliphatic carbocycles. The third kappa shape index (κ3) is 3.02. The highest BCUT2D eigenvalue weighted by Gasteiger charge is 2.41. The van der Waals surface area contributed by atoms with Crippen molar-refractivity contribution in [1.29, 1.82) is 0 Å². The Morgan fingerprint density at radius 3 is 2.69 bits per heavy atom. The van der Waals surface area contributed by atoms with Crippen molar-refractivity contribution in [3.63, 3.8) is 0 Å². The fourth-order valence-electron chi connectivity index (χ4n) is 4.46. The molecule has 6 heteroatoms. The molecule has 4 nitrogen and oxygen atoms in total. The SMILES string of the molecule is Cc1noc2c1[C@@H](c1ccc(Br)c(F)c1)C1=C(C[C@H](c3ccccc3)CC1=O)N2. The maximum absolute atomic E-state index is 14.3. The van der Waals surface area contributed by atoms with Gasteiger partial charge in [-0.2, -0.15) is 0 Å². The van der Waals surface area contributed by atoms with Crippen LogP contribution in [-0.4, -0.2) is 10.9 Å². The van der Waals surface area contributed by atoms with Crippen LogP contribution in [-0.2, 0) is 4.79 Å². The summed E-state index contributed by atoms with van der Waals surface area (Å²) in [5, 5.41) is 7.40. The summed E-state index contributed by atoms with van der Waals surface area (Å²) in [6.07, 6.45) is 1.12. The van der Waals surface area contributed by atoms with Crippen LogP contribution in [0.15, 0.2) is 68.8 Å². The number of ketones is 1. The molecule has 0 fully saturated rings. The van der Waals surface area contributed by atoms with Gasteiger partial charge >= 0.3 is 0 Å². The van der Waals surface area contributed by atoms with Crippen LogP contribution >= 0.6 is 15.9 Å². The van der Waals surface area contributed by atoms with Crippen LogP contribution in [0.5, 0.6) is 0 Å². The zero-order valence-corrected chi connectivity index (χ0v) is 17.3. The van der Waals surface area contributed by atoms with E-state index in [1.165, 1.54) is 6.07 Å². The van der Waals surface area contributed by atoms with E-state index in [2.05, 4.69) is 38.5 Å². The molecule has 0 bridgehead atoms. The zero-order chi connectivity index (χ0) is 20.1. The van der Waals surface area contributed by atoms with Crippen LogP contribution in [0, 0.1) is 12.7 Å². The first-order chi connectivity index (χ1) is 14.0. The molecule has 0 amide bonds. The van der Waals surface area contributed by atoms with Crippen LogP contribution in [0.2, 0.25) is 0 Å². The number of aryl methyl sites for hydroxylation is 1. The summed E-state index contributed by atoms with van der Waals surface area (Å²) < 4.78 is 20.2. The fourth-order valence-corrected chi connectivity index (χ4v) is 4.71. The lowest BCUT2D eigenvalue weighted by Crippen LogP contribution is -2.29. The van der Waals surface area contributed by atoms with Crippen molar-refractivity contribution in [3.8, 4) is 0 Å². The fraction of sp³-hybridized carbons (Fsp3) is 0.217. The van der Waals surface area contributed by atoms with E-state index >= 15 is 0 Å². The van der Waals surface area contributed by atoms with E-state index in [0.717, 1.165) is 22.4 Å². The highest BCUT2D eigenvalue weighted by atomic mass is 79.9. The third-order valence-corrected chi connectivity index (χ3v) is 6.45. The number of carbonyl (C=O) groups is 1. The monoisotopic (exact) mass is 452 g/mol. The van der Waals surface area contributed by atoms with Gasteiger partial charge in [0.25, 0.3) is 0 Å². The summed E-state index contributed by atoms with van der Waals surface area (Å²) in [6, 6.07) is 15.1. The van der Waals surface area contributed by atoms with Gasteiger partial charge in [-0.15, -0.1) is 0 Å². The molecule has 1 N–H and O–H groups in total. The average molecular weight is 453 g/mol. The van der Waals surface area contributed by atoms with E-state index in [1.807, 2.05) is 31.2 Å². The Labute approximate surface area is 175 Å². The lowest BCUT2D eigenvalue weighted by molar-refractivity contribution is -0.116. The molecule has 2 atom stereocenters. The average Bonchev–Trinajstić information content (AvgIpc) is 3.09. The number of nitrogens with one attached hydrogen (secondary N) is 1. The number of benzene rings is 2. The smallest absolute Gasteiger partial charge is 0.233 e. The summed E-state index contributed by atoms with van der Waals surface area (Å²) in [5.41, 5.74) is 4.89. The molecule has 0 spiro atoms. The maximum atomic E-state index is 14.3. The third-order valence-electron chi connectivity index (χ3n) is 5.81.